The largest absolute Gasteiger partial charge is 0.423 e. The van der Waals surface area contributed by atoms with Gasteiger partial charge in [-0.1, -0.05) is 0 Å². The van der Waals surface area contributed by atoms with E-state index in [0.717, 1.165) is 10.4 Å². The summed E-state index contributed by atoms with van der Waals surface area (Å²) < 4.78 is 6.77. The lowest BCUT2D eigenvalue weighted by atomic mass is 10.1. The zero-order valence-electron chi connectivity index (χ0n) is 15.5. The van der Waals surface area contributed by atoms with E-state index >= 15 is 0 Å². The molecule has 1 aromatic carbocycles. The second-order valence-electron chi connectivity index (χ2n) is 6.62. The third kappa shape index (κ3) is 3.11. The molecule has 0 saturated carbocycles. The number of carbonyl (C=O) groups excluding carboxylic acids is 1. The van der Waals surface area contributed by atoms with E-state index in [4.69, 9.17) is 4.42 Å². The zero-order chi connectivity index (χ0) is 20.0. The van der Waals surface area contributed by atoms with Gasteiger partial charge in [0.2, 0.25) is 5.91 Å². The van der Waals surface area contributed by atoms with Crippen molar-refractivity contribution in [3.05, 3.63) is 67.4 Å². The molecule has 0 unspecified atom stereocenters. The highest BCUT2D eigenvalue weighted by atomic mass is 32.1. The van der Waals surface area contributed by atoms with Crippen LogP contribution in [-0.2, 0) is 11.3 Å². The summed E-state index contributed by atoms with van der Waals surface area (Å²) in [6.07, 6.45) is 1.51. The molecule has 0 saturated heterocycles. The molecule has 3 heterocycles. The number of fused-ring (bicyclic) bond motifs is 2. The van der Waals surface area contributed by atoms with Crippen molar-refractivity contribution in [2.75, 3.05) is 5.32 Å². The van der Waals surface area contributed by atoms with Gasteiger partial charge in [-0.25, -0.2) is 9.78 Å². The summed E-state index contributed by atoms with van der Waals surface area (Å²) in [6, 6.07) is 6.46. The Morgan fingerprint density at radius 3 is 2.79 bits per heavy atom. The summed E-state index contributed by atoms with van der Waals surface area (Å²) in [5.74, 6) is -0.217. The van der Waals surface area contributed by atoms with Crippen LogP contribution in [0.4, 0.5) is 5.69 Å². The van der Waals surface area contributed by atoms with E-state index in [1.54, 1.807) is 18.2 Å². The van der Waals surface area contributed by atoms with E-state index in [0.29, 0.717) is 32.4 Å². The molecule has 3 aromatic heterocycles. The minimum Gasteiger partial charge on any atom is -0.423 e. The van der Waals surface area contributed by atoms with Crippen LogP contribution in [-0.4, -0.2) is 15.5 Å². The van der Waals surface area contributed by atoms with Gasteiger partial charge in [0.1, 0.15) is 10.4 Å². The highest BCUT2D eigenvalue weighted by molar-refractivity contribution is 7.18. The van der Waals surface area contributed by atoms with Crippen LogP contribution < -0.4 is 16.5 Å². The van der Waals surface area contributed by atoms with E-state index < -0.39 is 5.63 Å². The van der Waals surface area contributed by atoms with Crippen molar-refractivity contribution >= 4 is 44.1 Å². The first-order chi connectivity index (χ1) is 13.3. The monoisotopic (exact) mass is 395 g/mol. The van der Waals surface area contributed by atoms with E-state index in [1.807, 2.05) is 13.8 Å². The molecule has 0 bridgehead atoms. The maximum atomic E-state index is 12.9. The number of rotatable bonds is 3. The van der Waals surface area contributed by atoms with Gasteiger partial charge in [0.15, 0.2) is 0 Å². The highest BCUT2D eigenvalue weighted by Gasteiger charge is 2.14. The lowest BCUT2D eigenvalue weighted by molar-refractivity contribution is -0.114. The molecule has 7 nitrogen and oxygen atoms in total. The van der Waals surface area contributed by atoms with Crippen LogP contribution in [0.25, 0.3) is 21.2 Å². The van der Waals surface area contributed by atoms with Gasteiger partial charge in [-0.2, -0.15) is 0 Å². The SMILES string of the molecule is CC(=O)Nc1ccc2c(Cn3cnc4sc(C)c(C)c4c3=O)cc(=O)oc2c1. The summed E-state index contributed by atoms with van der Waals surface area (Å²) in [5.41, 5.74) is 1.80. The van der Waals surface area contributed by atoms with Gasteiger partial charge in [-0.05, 0) is 37.1 Å². The lowest BCUT2D eigenvalue weighted by Gasteiger charge is -2.09. The van der Waals surface area contributed by atoms with Crippen LogP contribution in [0.2, 0.25) is 0 Å². The van der Waals surface area contributed by atoms with Crippen molar-refractivity contribution in [2.45, 2.75) is 27.3 Å². The minimum atomic E-state index is -0.521. The Morgan fingerprint density at radius 2 is 2.04 bits per heavy atom. The molecule has 0 radical (unpaired) electrons. The fourth-order valence-corrected chi connectivity index (χ4v) is 4.20. The number of nitrogens with zero attached hydrogens (tertiary/aromatic N) is 2. The molecule has 0 aliphatic carbocycles. The summed E-state index contributed by atoms with van der Waals surface area (Å²) in [5, 5.41) is 3.97. The number of amides is 1. The summed E-state index contributed by atoms with van der Waals surface area (Å²) in [7, 11) is 0. The number of nitrogens with one attached hydrogen (secondary N) is 1. The molecular formula is C20H17N3O4S. The predicted octanol–water partition coefficient (Wildman–Crippen LogP) is 3.19. The van der Waals surface area contributed by atoms with Crippen molar-refractivity contribution in [1.29, 1.82) is 0 Å². The van der Waals surface area contributed by atoms with E-state index in [1.165, 1.54) is 35.2 Å². The zero-order valence-corrected chi connectivity index (χ0v) is 16.3. The third-order valence-electron chi connectivity index (χ3n) is 4.65. The van der Waals surface area contributed by atoms with Crippen LogP contribution in [0.3, 0.4) is 0 Å². The fourth-order valence-electron chi connectivity index (χ4n) is 3.21. The Morgan fingerprint density at radius 1 is 1.25 bits per heavy atom. The van der Waals surface area contributed by atoms with Gasteiger partial charge < -0.3 is 9.73 Å². The molecule has 142 valence electrons. The predicted molar refractivity (Wildman–Crippen MR) is 109 cm³/mol. The first kappa shape index (κ1) is 18.1. The van der Waals surface area contributed by atoms with Crippen molar-refractivity contribution in [3.63, 3.8) is 0 Å². The first-order valence-electron chi connectivity index (χ1n) is 8.63. The van der Waals surface area contributed by atoms with E-state index in [9.17, 15) is 14.4 Å². The number of benzene rings is 1. The van der Waals surface area contributed by atoms with Gasteiger partial charge in [-0.15, -0.1) is 11.3 Å². The quantitative estimate of drug-likeness (QED) is 0.538. The average molecular weight is 395 g/mol. The maximum Gasteiger partial charge on any atom is 0.336 e. The average Bonchev–Trinajstić information content (AvgIpc) is 2.91. The number of hydrogen-bond acceptors (Lipinski definition) is 6. The molecule has 1 amide bonds. The van der Waals surface area contributed by atoms with Crippen molar-refractivity contribution in [3.8, 4) is 0 Å². The molecule has 8 heteroatoms. The van der Waals surface area contributed by atoms with E-state index in [-0.39, 0.29) is 18.0 Å². The topological polar surface area (TPSA) is 94.2 Å². The van der Waals surface area contributed by atoms with Crippen molar-refractivity contribution in [1.82, 2.24) is 9.55 Å². The molecule has 0 aliphatic heterocycles. The maximum absolute atomic E-state index is 12.9. The Kier molecular flexibility index (Phi) is 4.35. The van der Waals surface area contributed by atoms with Gasteiger partial charge in [-0.3, -0.25) is 14.2 Å². The number of carbonyl (C=O) groups is 1. The van der Waals surface area contributed by atoms with Crippen LogP contribution in [0.5, 0.6) is 0 Å². The van der Waals surface area contributed by atoms with Gasteiger partial charge in [0.25, 0.3) is 5.56 Å². The molecule has 0 spiro atoms. The fraction of sp³-hybridized carbons (Fsp3) is 0.200. The van der Waals surface area contributed by atoms with E-state index in [2.05, 4.69) is 10.3 Å². The highest BCUT2D eigenvalue weighted by Crippen LogP contribution is 2.26. The smallest absolute Gasteiger partial charge is 0.336 e. The molecule has 0 fully saturated rings. The molecule has 4 aromatic rings. The lowest BCUT2D eigenvalue weighted by Crippen LogP contribution is -2.21. The summed E-state index contributed by atoms with van der Waals surface area (Å²) in [4.78, 5) is 42.4. The summed E-state index contributed by atoms with van der Waals surface area (Å²) in [6.45, 7) is 5.48. The van der Waals surface area contributed by atoms with Crippen LogP contribution in [0.15, 0.2) is 44.6 Å². The number of thiophene rings is 1. The molecule has 28 heavy (non-hydrogen) atoms. The second kappa shape index (κ2) is 6.72. The normalized spacial score (nSPS) is 11.2. The summed E-state index contributed by atoms with van der Waals surface area (Å²) >= 11 is 1.50. The van der Waals surface area contributed by atoms with Gasteiger partial charge >= 0.3 is 5.63 Å². The molecule has 0 aliphatic rings. The Bertz CT molecular complexity index is 1360. The number of hydrogen-bond donors (Lipinski definition) is 1. The third-order valence-corrected chi connectivity index (χ3v) is 5.76. The number of aromatic nitrogens is 2. The van der Waals surface area contributed by atoms with Crippen molar-refractivity contribution < 1.29 is 9.21 Å². The Labute approximate surface area is 163 Å². The van der Waals surface area contributed by atoms with Crippen LogP contribution >= 0.6 is 11.3 Å². The minimum absolute atomic E-state index is 0.136. The standard InChI is InChI=1S/C20H17N3O4S/c1-10-11(2)28-19-18(10)20(26)23(9-21-19)8-13-6-17(25)27-16-7-14(22-12(3)24)4-5-15(13)16/h4-7,9H,8H2,1-3H3,(H,22,24). The number of aryl methyl sites for hydroxylation is 2. The molecule has 0 atom stereocenters. The Balaban J connectivity index is 1.84. The molecule has 4 rings (SSSR count). The van der Waals surface area contributed by atoms with Gasteiger partial charge in [0, 0.05) is 35.0 Å². The first-order valence-corrected chi connectivity index (χ1v) is 9.44. The second-order valence-corrected chi connectivity index (χ2v) is 7.83. The van der Waals surface area contributed by atoms with Crippen LogP contribution in [0, 0.1) is 13.8 Å². The van der Waals surface area contributed by atoms with Crippen molar-refractivity contribution in [2.24, 2.45) is 0 Å². The van der Waals surface area contributed by atoms with Crippen LogP contribution in [0.1, 0.15) is 22.9 Å². The Hall–Kier alpha value is -3.26. The number of anilines is 1. The molecular weight excluding hydrogens is 378 g/mol. The molecule has 1 N–H and O–H groups in total. The van der Waals surface area contributed by atoms with Gasteiger partial charge in [0.05, 0.1) is 18.3 Å².